The van der Waals surface area contributed by atoms with E-state index in [2.05, 4.69) is 0 Å². The lowest BCUT2D eigenvalue weighted by Crippen LogP contribution is -2.19. The van der Waals surface area contributed by atoms with Crippen LogP contribution in [0, 0.1) is 10.1 Å². The average Bonchev–Trinajstić information content (AvgIpc) is 2.44. The molecule has 0 N–H and O–H groups in total. The van der Waals surface area contributed by atoms with Crippen molar-refractivity contribution in [1.82, 2.24) is 0 Å². The Labute approximate surface area is 109 Å². The van der Waals surface area contributed by atoms with Crippen LogP contribution in [0.2, 0.25) is 0 Å². The molecule has 0 atom stereocenters. The van der Waals surface area contributed by atoms with Crippen molar-refractivity contribution in [2.75, 3.05) is 13.2 Å². The fraction of sp³-hybridized carbons (Fsp3) is 0.462. The number of nitro benzene ring substituents is 1. The Kier molecular flexibility index (Phi) is 2.85. The molecule has 0 fully saturated rings. The summed E-state index contributed by atoms with van der Waals surface area (Å²) < 4.78 is 11.0. The van der Waals surface area contributed by atoms with E-state index < -0.39 is 4.92 Å². The first kappa shape index (κ1) is 12.0. The van der Waals surface area contributed by atoms with Crippen LogP contribution in [0.1, 0.15) is 34.3 Å². The maximum absolute atomic E-state index is 11.3. The standard InChI is InChI=1S/C13H13NO5/c15-7-10-8-3-1-6-19-13(8)11(14(16)17)9-4-2-5-18-12(9)10/h7H,1-6H2. The van der Waals surface area contributed by atoms with Gasteiger partial charge in [0.15, 0.2) is 6.29 Å². The monoisotopic (exact) mass is 263 g/mol. The number of nitro groups is 1. The number of hydrogen-bond acceptors (Lipinski definition) is 5. The number of rotatable bonds is 2. The predicted molar refractivity (Wildman–Crippen MR) is 66.1 cm³/mol. The maximum Gasteiger partial charge on any atom is 0.318 e. The minimum atomic E-state index is -0.424. The van der Waals surface area contributed by atoms with Gasteiger partial charge in [-0.05, 0) is 25.7 Å². The Hall–Kier alpha value is -2.11. The van der Waals surface area contributed by atoms with Crippen LogP contribution in [-0.2, 0) is 12.8 Å². The van der Waals surface area contributed by atoms with Crippen LogP contribution in [0.15, 0.2) is 0 Å². The van der Waals surface area contributed by atoms with E-state index in [1.165, 1.54) is 0 Å². The van der Waals surface area contributed by atoms with Gasteiger partial charge in [-0.2, -0.15) is 0 Å². The molecular weight excluding hydrogens is 250 g/mol. The first-order valence-electron chi connectivity index (χ1n) is 6.31. The second kappa shape index (κ2) is 4.53. The number of carbonyl (C=O) groups is 1. The first-order chi connectivity index (χ1) is 9.24. The Bertz CT molecular complexity index is 530. The highest BCUT2D eigenvalue weighted by molar-refractivity contribution is 5.87. The van der Waals surface area contributed by atoms with Crippen LogP contribution in [0.5, 0.6) is 11.5 Å². The second-order valence-electron chi connectivity index (χ2n) is 4.66. The van der Waals surface area contributed by atoms with E-state index in [1.54, 1.807) is 0 Å². The van der Waals surface area contributed by atoms with Gasteiger partial charge < -0.3 is 9.47 Å². The van der Waals surface area contributed by atoms with Gasteiger partial charge in [-0.3, -0.25) is 14.9 Å². The van der Waals surface area contributed by atoms with Gasteiger partial charge in [-0.1, -0.05) is 0 Å². The van der Waals surface area contributed by atoms with Crippen molar-refractivity contribution >= 4 is 12.0 Å². The number of aldehydes is 1. The van der Waals surface area contributed by atoms with Gasteiger partial charge in [0, 0.05) is 5.56 Å². The van der Waals surface area contributed by atoms with E-state index >= 15 is 0 Å². The topological polar surface area (TPSA) is 78.7 Å². The summed E-state index contributed by atoms with van der Waals surface area (Å²) in [5.41, 5.74) is 1.53. The van der Waals surface area contributed by atoms with Gasteiger partial charge in [0.2, 0.25) is 5.75 Å². The van der Waals surface area contributed by atoms with Crippen LogP contribution >= 0.6 is 0 Å². The number of ether oxygens (including phenoxy) is 2. The summed E-state index contributed by atoms with van der Waals surface area (Å²) in [6, 6.07) is 0. The van der Waals surface area contributed by atoms with E-state index in [0.717, 1.165) is 12.7 Å². The summed E-state index contributed by atoms with van der Waals surface area (Å²) in [6.07, 6.45) is 3.35. The number of carbonyl (C=O) groups excluding carboxylic acids is 1. The molecule has 1 aromatic carbocycles. The molecule has 3 rings (SSSR count). The molecule has 2 aliphatic heterocycles. The van der Waals surface area contributed by atoms with Crippen LogP contribution in [0.4, 0.5) is 5.69 Å². The molecular formula is C13H13NO5. The maximum atomic E-state index is 11.3. The van der Waals surface area contributed by atoms with Gasteiger partial charge in [-0.15, -0.1) is 0 Å². The predicted octanol–water partition coefficient (Wildman–Crippen LogP) is 2.06. The van der Waals surface area contributed by atoms with Gasteiger partial charge in [0.25, 0.3) is 0 Å². The summed E-state index contributed by atoms with van der Waals surface area (Å²) >= 11 is 0. The van der Waals surface area contributed by atoms with Crippen molar-refractivity contribution in [3.05, 3.63) is 26.8 Å². The molecule has 19 heavy (non-hydrogen) atoms. The van der Waals surface area contributed by atoms with Crippen molar-refractivity contribution in [3.8, 4) is 11.5 Å². The van der Waals surface area contributed by atoms with Crippen LogP contribution in [0.25, 0.3) is 0 Å². The van der Waals surface area contributed by atoms with Crippen molar-refractivity contribution in [3.63, 3.8) is 0 Å². The van der Waals surface area contributed by atoms with Crippen molar-refractivity contribution < 1.29 is 19.2 Å². The number of benzene rings is 1. The number of hydrogen-bond donors (Lipinski definition) is 0. The molecule has 6 nitrogen and oxygen atoms in total. The van der Waals surface area contributed by atoms with E-state index in [1.807, 2.05) is 0 Å². The van der Waals surface area contributed by atoms with Gasteiger partial charge in [0.1, 0.15) is 5.75 Å². The van der Waals surface area contributed by atoms with Crippen LogP contribution < -0.4 is 9.47 Å². The Morgan fingerprint density at radius 1 is 1.05 bits per heavy atom. The molecule has 0 radical (unpaired) electrons. The van der Waals surface area contributed by atoms with E-state index in [0.29, 0.717) is 54.9 Å². The highest BCUT2D eigenvalue weighted by Crippen LogP contribution is 2.47. The molecule has 0 saturated carbocycles. The summed E-state index contributed by atoms with van der Waals surface area (Å²) in [5, 5.41) is 11.3. The summed E-state index contributed by atoms with van der Waals surface area (Å²) in [6.45, 7) is 0.941. The SMILES string of the molecule is O=Cc1c2c(c([N+](=O)[O-])c3c1OCCC3)OCCC2. The van der Waals surface area contributed by atoms with Gasteiger partial charge in [-0.25, -0.2) is 0 Å². The first-order valence-corrected chi connectivity index (χ1v) is 6.31. The third kappa shape index (κ3) is 1.75. The zero-order chi connectivity index (χ0) is 13.4. The molecule has 0 saturated heterocycles. The largest absolute Gasteiger partial charge is 0.492 e. The Balaban J connectivity index is 2.35. The highest BCUT2D eigenvalue weighted by atomic mass is 16.6. The third-order valence-corrected chi connectivity index (χ3v) is 3.55. The van der Waals surface area contributed by atoms with Crippen molar-refractivity contribution in [2.24, 2.45) is 0 Å². The molecule has 6 heteroatoms. The van der Waals surface area contributed by atoms with E-state index in [4.69, 9.17) is 9.47 Å². The molecule has 2 aliphatic rings. The highest BCUT2D eigenvalue weighted by Gasteiger charge is 2.35. The quantitative estimate of drug-likeness (QED) is 0.463. The van der Waals surface area contributed by atoms with Crippen LogP contribution in [0.3, 0.4) is 0 Å². The molecule has 2 heterocycles. The van der Waals surface area contributed by atoms with Crippen molar-refractivity contribution in [2.45, 2.75) is 25.7 Å². The lowest BCUT2D eigenvalue weighted by Gasteiger charge is -2.25. The third-order valence-electron chi connectivity index (χ3n) is 3.55. The second-order valence-corrected chi connectivity index (χ2v) is 4.66. The fourth-order valence-electron chi connectivity index (χ4n) is 2.77. The molecule has 0 aliphatic carbocycles. The molecule has 0 unspecified atom stereocenters. The summed E-state index contributed by atoms with van der Waals surface area (Å²) in [5.74, 6) is 0.653. The number of nitrogens with zero attached hydrogens (tertiary/aromatic N) is 1. The molecule has 1 aromatic rings. The Morgan fingerprint density at radius 3 is 2.32 bits per heavy atom. The average molecular weight is 263 g/mol. The van der Waals surface area contributed by atoms with Gasteiger partial charge >= 0.3 is 5.69 Å². The van der Waals surface area contributed by atoms with Crippen molar-refractivity contribution in [1.29, 1.82) is 0 Å². The fourth-order valence-corrected chi connectivity index (χ4v) is 2.77. The van der Waals surface area contributed by atoms with E-state index in [-0.39, 0.29) is 11.4 Å². The zero-order valence-corrected chi connectivity index (χ0v) is 10.3. The minimum Gasteiger partial charge on any atom is -0.492 e. The summed E-state index contributed by atoms with van der Waals surface area (Å²) in [7, 11) is 0. The smallest absolute Gasteiger partial charge is 0.318 e. The van der Waals surface area contributed by atoms with Gasteiger partial charge in [0.05, 0.1) is 29.3 Å². The van der Waals surface area contributed by atoms with Crippen LogP contribution in [-0.4, -0.2) is 24.4 Å². The van der Waals surface area contributed by atoms with E-state index in [9.17, 15) is 14.9 Å². The lowest BCUT2D eigenvalue weighted by molar-refractivity contribution is -0.386. The molecule has 0 amide bonds. The normalized spacial score (nSPS) is 16.6. The summed E-state index contributed by atoms with van der Waals surface area (Å²) in [4.78, 5) is 22.2. The molecule has 100 valence electrons. The molecule has 0 spiro atoms. The lowest BCUT2D eigenvalue weighted by atomic mass is 9.92. The molecule has 0 bridgehead atoms. The minimum absolute atomic E-state index is 0.0185. The zero-order valence-electron chi connectivity index (χ0n) is 10.3. The number of fused-ring (bicyclic) bond motifs is 2. The molecule has 0 aromatic heterocycles. The Morgan fingerprint density at radius 2 is 1.68 bits per heavy atom.